The topological polar surface area (TPSA) is 38.7 Å². The number of rotatable bonds is 6. The maximum Gasteiger partial charge on any atom is 0.338 e. The fraction of sp³-hybridized carbons (Fsp3) is 0.222. The Morgan fingerprint density at radius 2 is 1.82 bits per heavy atom. The second-order valence-corrected chi connectivity index (χ2v) is 5.28. The molecule has 0 aliphatic carbocycles. The minimum absolute atomic E-state index is 0.290. The van der Waals surface area contributed by atoms with Gasteiger partial charge in [0.05, 0.1) is 17.9 Å². The number of halogens is 1. The first-order valence-electron chi connectivity index (χ1n) is 7.26. The van der Waals surface area contributed by atoms with Crippen molar-refractivity contribution >= 4 is 29.5 Å². The summed E-state index contributed by atoms with van der Waals surface area (Å²) in [7, 11) is 0. The fourth-order valence-corrected chi connectivity index (χ4v) is 1.90. The zero-order chi connectivity index (χ0) is 15.8. The number of hydrogen-bond acceptors (Lipinski definition) is 3. The molecule has 114 valence electrons. The van der Waals surface area contributed by atoms with Gasteiger partial charge in [0.2, 0.25) is 0 Å². The molecule has 0 aromatic heterocycles. The molecule has 0 unspecified atom stereocenters. The highest BCUT2D eigenvalue weighted by atomic mass is 35.5. The second-order valence-electron chi connectivity index (χ2n) is 4.85. The normalized spacial score (nSPS) is 10.8. The van der Waals surface area contributed by atoms with E-state index in [1.54, 1.807) is 30.5 Å². The lowest BCUT2D eigenvalue weighted by Crippen LogP contribution is -2.05. The molecule has 0 saturated carbocycles. The second kappa shape index (κ2) is 8.35. The Hall–Kier alpha value is -2.13. The zero-order valence-corrected chi connectivity index (χ0v) is 13.2. The van der Waals surface area contributed by atoms with Crippen LogP contribution in [0.25, 0.3) is 0 Å². The Labute approximate surface area is 135 Å². The first-order valence-corrected chi connectivity index (χ1v) is 7.63. The molecule has 0 fully saturated rings. The number of hydrogen-bond donors (Lipinski definition) is 0. The summed E-state index contributed by atoms with van der Waals surface area (Å²) in [6, 6.07) is 14.5. The van der Waals surface area contributed by atoms with Crippen LogP contribution in [-0.4, -0.2) is 18.8 Å². The van der Waals surface area contributed by atoms with E-state index in [1.165, 1.54) is 0 Å². The van der Waals surface area contributed by atoms with Crippen LogP contribution in [-0.2, 0) is 4.74 Å². The predicted octanol–water partition coefficient (Wildman–Crippen LogP) is 5.05. The standard InChI is InChI=1S/C18H18ClNO2/c1-2-3-12-22-18(21)15-6-10-17(11-7-15)20-13-14-4-8-16(19)9-5-14/h4-11,13H,2-3,12H2,1H3. The zero-order valence-electron chi connectivity index (χ0n) is 12.5. The smallest absolute Gasteiger partial charge is 0.338 e. The third-order valence-corrected chi connectivity index (χ3v) is 3.32. The molecule has 2 rings (SSSR count). The van der Waals surface area contributed by atoms with Crippen molar-refractivity contribution in [3.05, 3.63) is 64.7 Å². The molecule has 0 radical (unpaired) electrons. The number of esters is 1. The van der Waals surface area contributed by atoms with E-state index in [4.69, 9.17) is 16.3 Å². The lowest BCUT2D eigenvalue weighted by molar-refractivity contribution is 0.0500. The maximum atomic E-state index is 11.8. The van der Waals surface area contributed by atoms with Crippen LogP contribution in [0, 0.1) is 0 Å². The van der Waals surface area contributed by atoms with Crippen LogP contribution in [0.15, 0.2) is 53.5 Å². The Bertz CT molecular complexity index is 633. The van der Waals surface area contributed by atoms with Gasteiger partial charge in [0.1, 0.15) is 0 Å². The molecule has 22 heavy (non-hydrogen) atoms. The number of carbonyl (C=O) groups excluding carboxylic acids is 1. The third-order valence-electron chi connectivity index (χ3n) is 3.07. The van der Waals surface area contributed by atoms with Crippen LogP contribution in [0.4, 0.5) is 5.69 Å². The summed E-state index contributed by atoms with van der Waals surface area (Å²) in [4.78, 5) is 16.1. The molecule has 2 aromatic carbocycles. The average Bonchev–Trinajstić information content (AvgIpc) is 2.55. The van der Waals surface area contributed by atoms with E-state index in [-0.39, 0.29) is 5.97 Å². The van der Waals surface area contributed by atoms with Crippen LogP contribution in [0.1, 0.15) is 35.7 Å². The summed E-state index contributed by atoms with van der Waals surface area (Å²) in [6.45, 7) is 2.52. The van der Waals surface area contributed by atoms with Gasteiger partial charge in [0.25, 0.3) is 0 Å². The monoisotopic (exact) mass is 315 g/mol. The Balaban J connectivity index is 1.96. The highest BCUT2D eigenvalue weighted by molar-refractivity contribution is 6.30. The average molecular weight is 316 g/mol. The van der Waals surface area contributed by atoms with Gasteiger partial charge in [-0.05, 0) is 48.4 Å². The minimum Gasteiger partial charge on any atom is -0.462 e. The van der Waals surface area contributed by atoms with E-state index in [0.717, 1.165) is 24.1 Å². The molecular weight excluding hydrogens is 298 g/mol. The number of unbranched alkanes of at least 4 members (excludes halogenated alkanes) is 1. The number of nitrogens with zero attached hydrogens (tertiary/aromatic N) is 1. The van der Waals surface area contributed by atoms with Gasteiger partial charge < -0.3 is 4.74 Å². The molecule has 0 bridgehead atoms. The highest BCUT2D eigenvalue weighted by Gasteiger charge is 2.05. The first-order chi connectivity index (χ1) is 10.7. The van der Waals surface area contributed by atoms with Crippen LogP contribution >= 0.6 is 11.6 Å². The van der Waals surface area contributed by atoms with Crippen LogP contribution in [0.3, 0.4) is 0 Å². The van der Waals surface area contributed by atoms with Crippen molar-refractivity contribution in [2.75, 3.05) is 6.61 Å². The molecule has 0 aliphatic rings. The number of ether oxygens (including phenoxy) is 1. The van der Waals surface area contributed by atoms with Crippen LogP contribution in [0.2, 0.25) is 5.02 Å². The third kappa shape index (κ3) is 5.01. The molecule has 4 heteroatoms. The molecule has 0 heterocycles. The van der Waals surface area contributed by atoms with E-state index in [0.29, 0.717) is 17.2 Å². The predicted molar refractivity (Wildman–Crippen MR) is 90.3 cm³/mol. The Morgan fingerprint density at radius 3 is 2.45 bits per heavy atom. The summed E-state index contributed by atoms with van der Waals surface area (Å²) in [5, 5.41) is 0.697. The fourth-order valence-electron chi connectivity index (χ4n) is 1.77. The van der Waals surface area contributed by atoms with Crippen molar-refractivity contribution < 1.29 is 9.53 Å². The van der Waals surface area contributed by atoms with Crippen LogP contribution < -0.4 is 0 Å². The largest absolute Gasteiger partial charge is 0.462 e. The number of carbonyl (C=O) groups is 1. The number of benzene rings is 2. The Morgan fingerprint density at radius 1 is 1.14 bits per heavy atom. The maximum absolute atomic E-state index is 11.8. The van der Waals surface area contributed by atoms with Crippen molar-refractivity contribution in [3.63, 3.8) is 0 Å². The first kappa shape index (κ1) is 16.2. The molecule has 0 saturated heterocycles. The van der Waals surface area contributed by atoms with Gasteiger partial charge in [-0.3, -0.25) is 4.99 Å². The van der Waals surface area contributed by atoms with Gasteiger partial charge in [-0.2, -0.15) is 0 Å². The lowest BCUT2D eigenvalue weighted by Gasteiger charge is -2.03. The summed E-state index contributed by atoms with van der Waals surface area (Å²) in [5.41, 5.74) is 2.29. The summed E-state index contributed by atoms with van der Waals surface area (Å²) >= 11 is 5.83. The molecule has 2 aromatic rings. The van der Waals surface area contributed by atoms with Crippen molar-refractivity contribution in [2.24, 2.45) is 4.99 Å². The van der Waals surface area contributed by atoms with Gasteiger partial charge in [-0.1, -0.05) is 37.1 Å². The molecule has 0 aliphatic heterocycles. The van der Waals surface area contributed by atoms with Gasteiger partial charge in [0.15, 0.2) is 0 Å². The molecule has 0 atom stereocenters. The quantitative estimate of drug-likeness (QED) is 0.425. The van der Waals surface area contributed by atoms with E-state index >= 15 is 0 Å². The molecule has 0 amide bonds. The number of aliphatic imine (C=N–C) groups is 1. The molecule has 3 nitrogen and oxygen atoms in total. The molecule has 0 spiro atoms. The van der Waals surface area contributed by atoms with Crippen molar-refractivity contribution in [1.29, 1.82) is 0 Å². The minimum atomic E-state index is -0.290. The van der Waals surface area contributed by atoms with Gasteiger partial charge in [-0.25, -0.2) is 4.79 Å². The molecular formula is C18H18ClNO2. The van der Waals surface area contributed by atoms with Gasteiger partial charge in [-0.15, -0.1) is 0 Å². The van der Waals surface area contributed by atoms with E-state index < -0.39 is 0 Å². The molecule has 0 N–H and O–H groups in total. The van der Waals surface area contributed by atoms with E-state index in [9.17, 15) is 4.79 Å². The summed E-state index contributed by atoms with van der Waals surface area (Å²) in [5.74, 6) is -0.290. The van der Waals surface area contributed by atoms with E-state index in [1.807, 2.05) is 24.3 Å². The SMILES string of the molecule is CCCCOC(=O)c1ccc(N=Cc2ccc(Cl)cc2)cc1. The van der Waals surface area contributed by atoms with E-state index in [2.05, 4.69) is 11.9 Å². The van der Waals surface area contributed by atoms with Crippen molar-refractivity contribution in [3.8, 4) is 0 Å². The Kier molecular flexibility index (Phi) is 6.16. The lowest BCUT2D eigenvalue weighted by atomic mass is 10.2. The van der Waals surface area contributed by atoms with Crippen molar-refractivity contribution in [2.45, 2.75) is 19.8 Å². The highest BCUT2D eigenvalue weighted by Crippen LogP contribution is 2.15. The summed E-state index contributed by atoms with van der Waals surface area (Å²) < 4.78 is 5.16. The summed E-state index contributed by atoms with van der Waals surface area (Å²) in [6.07, 6.45) is 3.64. The van der Waals surface area contributed by atoms with Gasteiger partial charge in [0, 0.05) is 11.2 Å². The van der Waals surface area contributed by atoms with Crippen LogP contribution in [0.5, 0.6) is 0 Å². The van der Waals surface area contributed by atoms with Gasteiger partial charge >= 0.3 is 5.97 Å². The van der Waals surface area contributed by atoms with Crippen molar-refractivity contribution in [1.82, 2.24) is 0 Å².